The Morgan fingerprint density at radius 2 is 1.14 bits per heavy atom. The van der Waals surface area contributed by atoms with Crippen molar-refractivity contribution in [2.75, 3.05) is 13.2 Å². The number of hydrogen-bond donors (Lipinski definition) is 0. The molecule has 0 N–H and O–H groups in total. The number of unbranched alkanes of at least 4 members (excludes halogenated alkanes) is 1. The highest BCUT2D eigenvalue weighted by atomic mass is 35.5. The monoisotopic (exact) mass is 494 g/mol. The van der Waals surface area contributed by atoms with E-state index in [1.807, 2.05) is 0 Å². The van der Waals surface area contributed by atoms with E-state index in [4.69, 9.17) is 30.5 Å². The van der Waals surface area contributed by atoms with Crippen LogP contribution >= 0.6 is 11.6 Å². The number of halogens is 1. The van der Waals surface area contributed by atoms with E-state index in [0.29, 0.717) is 59.5 Å². The lowest BCUT2D eigenvalue weighted by Gasteiger charge is -2.08. The van der Waals surface area contributed by atoms with Gasteiger partial charge in [0.25, 0.3) is 0 Å². The van der Waals surface area contributed by atoms with Crippen LogP contribution in [-0.4, -0.2) is 31.1 Å². The molecule has 0 aromatic heterocycles. The predicted octanol–water partition coefficient (Wildman–Crippen LogP) is 5.67. The lowest BCUT2D eigenvalue weighted by Crippen LogP contribution is -2.09. The topological polar surface area (TPSA) is 88.1 Å². The summed E-state index contributed by atoms with van der Waals surface area (Å²) in [5.74, 6) is -0.279. The lowest BCUT2D eigenvalue weighted by molar-refractivity contribution is -0.137. The van der Waals surface area contributed by atoms with Crippen LogP contribution in [0, 0.1) is 0 Å². The molecule has 0 saturated carbocycles. The highest BCUT2D eigenvalue weighted by Gasteiger charge is 2.11. The minimum absolute atomic E-state index is 0.304. The highest BCUT2D eigenvalue weighted by Crippen LogP contribution is 2.21. The van der Waals surface area contributed by atoms with Gasteiger partial charge in [-0.3, -0.25) is 0 Å². The molecule has 0 unspecified atom stereocenters. The summed E-state index contributed by atoms with van der Waals surface area (Å²) >= 11 is 5.82. The van der Waals surface area contributed by atoms with E-state index in [1.54, 1.807) is 48.5 Å². The summed E-state index contributed by atoms with van der Waals surface area (Å²) in [7, 11) is 0. The van der Waals surface area contributed by atoms with Crippen LogP contribution in [0.2, 0.25) is 5.02 Å². The van der Waals surface area contributed by atoms with Crippen molar-refractivity contribution >= 4 is 29.5 Å². The Morgan fingerprint density at radius 3 is 1.66 bits per heavy atom. The lowest BCUT2D eigenvalue weighted by atomic mass is 10.2. The molecular formula is C27H23ClO7. The maximum atomic E-state index is 12.4. The number of ether oxygens (including phenoxy) is 4. The quantitative estimate of drug-likeness (QED) is 0.147. The van der Waals surface area contributed by atoms with Gasteiger partial charge in [-0.1, -0.05) is 18.2 Å². The van der Waals surface area contributed by atoms with E-state index < -0.39 is 17.9 Å². The van der Waals surface area contributed by atoms with Crippen LogP contribution in [0.15, 0.2) is 85.5 Å². The molecule has 0 spiro atoms. The summed E-state index contributed by atoms with van der Waals surface area (Å²) in [6.45, 7) is 4.09. The third kappa shape index (κ3) is 8.32. The molecule has 0 radical (unpaired) electrons. The Kier molecular flexibility index (Phi) is 9.45. The largest absolute Gasteiger partial charge is 0.494 e. The fourth-order valence-corrected chi connectivity index (χ4v) is 2.93. The molecule has 0 heterocycles. The summed E-state index contributed by atoms with van der Waals surface area (Å²) in [6.07, 6.45) is 2.50. The second kappa shape index (κ2) is 13.0. The number of esters is 3. The van der Waals surface area contributed by atoms with Crippen molar-refractivity contribution in [1.82, 2.24) is 0 Å². The Morgan fingerprint density at radius 1 is 0.686 bits per heavy atom. The number of benzene rings is 3. The van der Waals surface area contributed by atoms with Gasteiger partial charge in [-0.05, 0) is 85.6 Å². The highest BCUT2D eigenvalue weighted by molar-refractivity contribution is 6.30. The summed E-state index contributed by atoms with van der Waals surface area (Å²) in [5.41, 5.74) is 0.721. The zero-order chi connectivity index (χ0) is 25.0. The molecule has 0 amide bonds. The van der Waals surface area contributed by atoms with Crippen molar-refractivity contribution in [3.05, 3.63) is 102 Å². The fraction of sp³-hybridized carbons (Fsp3) is 0.148. The van der Waals surface area contributed by atoms with Gasteiger partial charge >= 0.3 is 17.9 Å². The SMILES string of the molecule is C=CC(=O)OCCCCOc1ccc(C(=O)Oc2ccc(OC(=O)c3ccc(Cl)cc3)cc2)cc1. The minimum atomic E-state index is -0.536. The van der Waals surface area contributed by atoms with Crippen LogP contribution in [0.3, 0.4) is 0 Å². The summed E-state index contributed by atoms with van der Waals surface area (Å²) in [4.78, 5) is 35.5. The Bertz CT molecular complexity index is 1150. The van der Waals surface area contributed by atoms with Gasteiger partial charge in [0, 0.05) is 11.1 Å². The zero-order valence-electron chi connectivity index (χ0n) is 18.8. The molecule has 0 bridgehead atoms. The Labute approximate surface area is 207 Å². The van der Waals surface area contributed by atoms with Gasteiger partial charge in [-0.15, -0.1) is 0 Å². The maximum Gasteiger partial charge on any atom is 0.343 e. The van der Waals surface area contributed by atoms with Crippen LogP contribution < -0.4 is 14.2 Å². The van der Waals surface area contributed by atoms with E-state index in [0.717, 1.165) is 6.08 Å². The standard InChI is InChI=1S/C27H23ClO7/c1-2-25(29)33-18-4-3-17-32-22-11-7-20(8-12-22)27(31)35-24-15-13-23(14-16-24)34-26(30)19-5-9-21(28)10-6-19/h2,5-16H,1,3-4,17-18H2. The number of carbonyl (C=O) groups is 3. The third-order valence-corrected chi connectivity index (χ3v) is 4.89. The minimum Gasteiger partial charge on any atom is -0.494 e. The molecule has 3 aromatic carbocycles. The summed E-state index contributed by atoms with van der Waals surface area (Å²) in [5, 5.41) is 0.524. The molecule has 180 valence electrons. The second-order valence-electron chi connectivity index (χ2n) is 7.21. The maximum absolute atomic E-state index is 12.4. The molecule has 0 fully saturated rings. The van der Waals surface area contributed by atoms with Gasteiger partial charge < -0.3 is 18.9 Å². The summed E-state index contributed by atoms with van der Waals surface area (Å²) < 4.78 is 21.2. The second-order valence-corrected chi connectivity index (χ2v) is 7.65. The first-order valence-electron chi connectivity index (χ1n) is 10.8. The normalized spacial score (nSPS) is 10.2. The number of rotatable bonds is 11. The summed E-state index contributed by atoms with van der Waals surface area (Å²) in [6, 6.07) is 19.0. The van der Waals surface area contributed by atoms with Crippen LogP contribution in [0.4, 0.5) is 0 Å². The first kappa shape index (κ1) is 25.5. The van der Waals surface area contributed by atoms with Crippen LogP contribution in [0.25, 0.3) is 0 Å². The van der Waals surface area contributed by atoms with E-state index in [-0.39, 0.29) is 0 Å². The van der Waals surface area contributed by atoms with Crippen molar-refractivity contribution in [2.45, 2.75) is 12.8 Å². The number of hydrogen-bond acceptors (Lipinski definition) is 7. The molecule has 0 aliphatic rings. The molecule has 0 atom stereocenters. The van der Waals surface area contributed by atoms with E-state index >= 15 is 0 Å². The molecule has 3 rings (SSSR count). The van der Waals surface area contributed by atoms with Crippen molar-refractivity contribution in [1.29, 1.82) is 0 Å². The van der Waals surface area contributed by atoms with Gasteiger partial charge in [0.2, 0.25) is 0 Å². The van der Waals surface area contributed by atoms with Crippen LogP contribution in [0.1, 0.15) is 33.6 Å². The zero-order valence-corrected chi connectivity index (χ0v) is 19.5. The van der Waals surface area contributed by atoms with Gasteiger partial charge in [0.05, 0.1) is 24.3 Å². The fourth-order valence-electron chi connectivity index (χ4n) is 2.81. The van der Waals surface area contributed by atoms with Crippen molar-refractivity contribution in [2.24, 2.45) is 0 Å². The molecule has 7 nitrogen and oxygen atoms in total. The molecule has 8 heteroatoms. The Balaban J connectivity index is 1.43. The third-order valence-electron chi connectivity index (χ3n) is 4.63. The Hall–Kier alpha value is -4.10. The van der Waals surface area contributed by atoms with E-state index in [2.05, 4.69) is 6.58 Å². The van der Waals surface area contributed by atoms with E-state index in [9.17, 15) is 14.4 Å². The van der Waals surface area contributed by atoms with Crippen LogP contribution in [0.5, 0.6) is 17.2 Å². The van der Waals surface area contributed by atoms with Gasteiger partial charge in [0.1, 0.15) is 17.2 Å². The molecule has 0 aliphatic carbocycles. The average molecular weight is 495 g/mol. The predicted molar refractivity (Wildman–Crippen MR) is 130 cm³/mol. The molecule has 0 aliphatic heterocycles. The first-order valence-corrected chi connectivity index (χ1v) is 11.1. The first-order chi connectivity index (χ1) is 16.9. The average Bonchev–Trinajstić information content (AvgIpc) is 2.87. The van der Waals surface area contributed by atoms with Crippen molar-refractivity contribution in [3.63, 3.8) is 0 Å². The van der Waals surface area contributed by atoms with Crippen molar-refractivity contribution in [3.8, 4) is 17.2 Å². The van der Waals surface area contributed by atoms with Gasteiger partial charge in [0.15, 0.2) is 0 Å². The van der Waals surface area contributed by atoms with Gasteiger partial charge in [-0.2, -0.15) is 0 Å². The molecule has 35 heavy (non-hydrogen) atoms. The van der Waals surface area contributed by atoms with E-state index in [1.165, 1.54) is 24.3 Å². The number of carbonyl (C=O) groups excluding carboxylic acids is 3. The molecule has 3 aromatic rings. The molecule has 0 saturated heterocycles. The van der Waals surface area contributed by atoms with Crippen molar-refractivity contribution < 1.29 is 33.3 Å². The molecular weight excluding hydrogens is 472 g/mol. The van der Waals surface area contributed by atoms with Gasteiger partial charge in [-0.25, -0.2) is 14.4 Å². The van der Waals surface area contributed by atoms with Crippen LogP contribution in [-0.2, 0) is 9.53 Å². The smallest absolute Gasteiger partial charge is 0.343 e.